The van der Waals surface area contributed by atoms with Crippen LogP contribution in [0.5, 0.6) is 5.75 Å². The molecule has 2 aromatic carbocycles. The van der Waals surface area contributed by atoms with Crippen LogP contribution in [-0.2, 0) is 12.0 Å². The van der Waals surface area contributed by atoms with Gasteiger partial charge in [-0.1, -0.05) is 0 Å². The summed E-state index contributed by atoms with van der Waals surface area (Å²) in [6.07, 6.45) is 1.28. The van der Waals surface area contributed by atoms with Crippen molar-refractivity contribution in [1.29, 1.82) is 0 Å². The zero-order chi connectivity index (χ0) is 22.9. The van der Waals surface area contributed by atoms with Crippen LogP contribution in [0.4, 0.5) is 17.6 Å². The maximum atomic E-state index is 15.1. The van der Waals surface area contributed by atoms with Crippen molar-refractivity contribution in [2.75, 3.05) is 20.1 Å². The summed E-state index contributed by atoms with van der Waals surface area (Å²) in [5.41, 5.74) is 0.546. The number of quaternary nitrogens is 1. The monoisotopic (exact) mass is 551 g/mol. The topological polar surface area (TPSA) is 26.5 Å². The molecule has 1 unspecified atom stereocenters. The molecule has 0 spiro atoms. The molecule has 1 atom stereocenters. The van der Waals surface area contributed by atoms with E-state index in [-0.39, 0.29) is 9.32 Å². The second-order valence-corrected chi connectivity index (χ2v) is 12.5. The van der Waals surface area contributed by atoms with E-state index in [0.29, 0.717) is 18.5 Å². The van der Waals surface area contributed by atoms with Gasteiger partial charge in [0.1, 0.15) is 0 Å². The standard InChI is InChI=1S/C23H24F4INO2/c1-5-15-29(4)16-14-17-10-12-18(13-11-17)30-23(26,27)22(24,25)28-20-9-7-6-8-19(20)21(2,3)31-28/h1,6-13H,14-16H2,2-4H3/p+2. The van der Waals surface area contributed by atoms with Crippen LogP contribution >= 0.6 is 20.2 Å². The first-order valence-corrected chi connectivity index (χ1v) is 12.9. The van der Waals surface area contributed by atoms with Crippen molar-refractivity contribution in [3.05, 3.63) is 63.2 Å². The van der Waals surface area contributed by atoms with E-state index in [4.69, 9.17) is 6.42 Å². The number of terminal acetylenes is 1. The molecule has 1 heterocycles. The maximum absolute atomic E-state index is 15.1. The summed E-state index contributed by atoms with van der Waals surface area (Å²) in [6, 6.07) is 12.2. The number of likely N-dealkylation sites (N-methyl/N-ethyl adjacent to an activating group) is 1. The van der Waals surface area contributed by atoms with Crippen molar-refractivity contribution in [2.45, 2.75) is 35.9 Å². The molecule has 8 heteroatoms. The zero-order valence-corrected chi connectivity index (χ0v) is 19.7. The first-order valence-electron chi connectivity index (χ1n) is 9.79. The van der Waals surface area contributed by atoms with Crippen molar-refractivity contribution in [3.8, 4) is 18.1 Å². The Morgan fingerprint density at radius 3 is 2.39 bits per heavy atom. The van der Waals surface area contributed by atoms with Gasteiger partial charge in [0.2, 0.25) is 0 Å². The first-order chi connectivity index (χ1) is 14.5. The van der Waals surface area contributed by atoms with Crippen molar-refractivity contribution >= 4 is 20.2 Å². The minimum atomic E-state index is -4.67. The molecule has 31 heavy (non-hydrogen) atoms. The predicted octanol–water partition coefficient (Wildman–Crippen LogP) is 4.01. The molecule has 168 valence electrons. The fourth-order valence-electron chi connectivity index (χ4n) is 3.25. The summed E-state index contributed by atoms with van der Waals surface area (Å²) >= 11 is -3.94. The van der Waals surface area contributed by atoms with E-state index < -0.39 is 35.9 Å². The summed E-state index contributed by atoms with van der Waals surface area (Å²) < 4.78 is 64.1. The van der Waals surface area contributed by atoms with Gasteiger partial charge in [-0.25, -0.2) is 0 Å². The van der Waals surface area contributed by atoms with E-state index in [1.54, 1.807) is 44.2 Å². The normalized spacial score (nSPS) is 17.7. The van der Waals surface area contributed by atoms with Crippen LogP contribution in [0.25, 0.3) is 0 Å². The number of fused-ring (bicyclic) bond motifs is 1. The molecule has 1 aliphatic rings. The number of nitrogens with one attached hydrogen (secondary N) is 1. The second-order valence-electron chi connectivity index (χ2n) is 7.99. The van der Waals surface area contributed by atoms with Crippen LogP contribution in [0.1, 0.15) is 25.0 Å². The quantitative estimate of drug-likeness (QED) is 0.174. The Bertz CT molecular complexity index is 957. The molecule has 0 aliphatic carbocycles. The molecule has 1 aliphatic heterocycles. The van der Waals surface area contributed by atoms with Gasteiger partial charge in [-0.05, 0) is 0 Å². The number of alkyl halides is 5. The summed E-state index contributed by atoms with van der Waals surface area (Å²) in [7, 11) is 1.96. The molecular weight excluding hydrogens is 525 g/mol. The fourth-order valence-corrected chi connectivity index (χ4v) is 8.65. The Kier molecular flexibility index (Phi) is 6.89. The average Bonchev–Trinajstić information content (AvgIpc) is 2.99. The molecule has 0 aromatic heterocycles. The Balaban J connectivity index is 1.74. The van der Waals surface area contributed by atoms with E-state index in [2.05, 4.69) is 13.7 Å². The molecule has 2 aromatic rings. The van der Waals surface area contributed by atoms with Gasteiger partial charge >= 0.3 is 181 Å². The summed E-state index contributed by atoms with van der Waals surface area (Å²) in [4.78, 5) is 1.14. The van der Waals surface area contributed by atoms with Crippen LogP contribution < -0.4 is 9.64 Å². The van der Waals surface area contributed by atoms with E-state index in [1.165, 1.54) is 18.2 Å². The van der Waals surface area contributed by atoms with Gasteiger partial charge in [-0.2, -0.15) is 0 Å². The molecule has 0 radical (unpaired) electrons. The van der Waals surface area contributed by atoms with E-state index in [9.17, 15) is 8.78 Å². The van der Waals surface area contributed by atoms with Gasteiger partial charge in [0, 0.05) is 0 Å². The van der Waals surface area contributed by atoms with Crippen molar-refractivity contribution in [3.63, 3.8) is 0 Å². The zero-order valence-electron chi connectivity index (χ0n) is 17.6. The van der Waals surface area contributed by atoms with E-state index in [1.807, 2.05) is 7.05 Å². The number of halogens is 5. The van der Waals surface area contributed by atoms with E-state index in [0.717, 1.165) is 17.0 Å². The molecule has 0 fully saturated rings. The molecule has 0 amide bonds. The van der Waals surface area contributed by atoms with Crippen LogP contribution in [0.2, 0.25) is 0 Å². The van der Waals surface area contributed by atoms with Gasteiger partial charge < -0.3 is 0 Å². The van der Waals surface area contributed by atoms with Crippen LogP contribution in [0.3, 0.4) is 0 Å². The van der Waals surface area contributed by atoms with Gasteiger partial charge in [-0.15, -0.1) is 6.42 Å². The van der Waals surface area contributed by atoms with Gasteiger partial charge in [0.25, 0.3) is 0 Å². The summed E-state index contributed by atoms with van der Waals surface area (Å²) in [5, 5.41) is 0. The molecule has 3 rings (SSSR count). The number of ether oxygens (including phenoxy) is 1. The van der Waals surface area contributed by atoms with Crippen LogP contribution in [-0.4, -0.2) is 33.2 Å². The molecule has 2 N–H and O–H groups in total. The van der Waals surface area contributed by atoms with Crippen molar-refractivity contribution in [2.24, 2.45) is 0 Å². The third kappa shape index (κ3) is 4.99. The molecule has 0 bridgehead atoms. The van der Waals surface area contributed by atoms with Gasteiger partial charge in [-0.3, -0.25) is 0 Å². The molecule has 0 saturated heterocycles. The number of hydrogen-bond donors (Lipinski definition) is 1. The van der Waals surface area contributed by atoms with Crippen LogP contribution in [0, 0.1) is 15.9 Å². The van der Waals surface area contributed by atoms with Crippen molar-refractivity contribution in [1.82, 2.24) is 0 Å². The Hall–Kier alpha value is -1.83. The Labute approximate surface area is 187 Å². The number of rotatable bonds is 8. The number of hydrogen-bond acceptors (Lipinski definition) is 1. The Morgan fingerprint density at radius 2 is 1.74 bits per heavy atom. The number of aliphatic hydroxyl groups is 1. The summed E-state index contributed by atoms with van der Waals surface area (Å²) in [5.74, 6) is 2.27. The fraction of sp³-hybridized carbons (Fsp3) is 0.391. The molecule has 3 nitrogen and oxygen atoms in total. The molecular formula is C23H26F4INO2+2. The summed E-state index contributed by atoms with van der Waals surface area (Å²) in [6.45, 7) is 4.68. The third-order valence-corrected chi connectivity index (χ3v) is 10.6. The Morgan fingerprint density at radius 1 is 1.10 bits per heavy atom. The SMILES string of the molecule is C#CC[NH+](C)CCc1ccc(OC(F)(F)C(F)(F)I2[OH+]C(C)(C)c3ccccc32)cc1. The second kappa shape index (κ2) is 8.96. The predicted molar refractivity (Wildman–Crippen MR) is 121 cm³/mol. The van der Waals surface area contributed by atoms with Crippen LogP contribution in [0.15, 0.2) is 48.5 Å². The van der Waals surface area contributed by atoms with Gasteiger partial charge in [0.05, 0.1) is 0 Å². The minimum absolute atomic E-state index is 0.249. The van der Waals surface area contributed by atoms with Crippen molar-refractivity contribution < 1.29 is 30.3 Å². The number of benzene rings is 2. The first kappa shape index (κ1) is 23.8. The third-order valence-electron chi connectivity index (χ3n) is 4.99. The molecule has 0 saturated carbocycles. The average molecular weight is 551 g/mol. The van der Waals surface area contributed by atoms with Gasteiger partial charge in [0.15, 0.2) is 0 Å². The van der Waals surface area contributed by atoms with E-state index >= 15 is 8.78 Å².